The number of nitrogens with zero attached hydrogens (tertiary/aromatic N) is 1. The van der Waals surface area contributed by atoms with Crippen molar-refractivity contribution in [2.45, 2.75) is 0 Å². The Kier molecular flexibility index (Phi) is 3.66. The van der Waals surface area contributed by atoms with E-state index >= 15 is 0 Å². The van der Waals surface area contributed by atoms with Crippen LogP contribution in [0.15, 0.2) is 63.9 Å². The lowest BCUT2D eigenvalue weighted by Crippen LogP contribution is -2.10. The molecule has 0 unspecified atom stereocenters. The van der Waals surface area contributed by atoms with Crippen molar-refractivity contribution in [2.75, 3.05) is 5.32 Å². The van der Waals surface area contributed by atoms with E-state index in [9.17, 15) is 9.59 Å². The van der Waals surface area contributed by atoms with Gasteiger partial charge in [0.05, 0.1) is 9.58 Å². The van der Waals surface area contributed by atoms with Crippen molar-refractivity contribution >= 4 is 53.8 Å². The summed E-state index contributed by atoms with van der Waals surface area (Å²) in [6, 6.07) is 17.2. The number of fused-ring (bicyclic) bond motifs is 3. The molecule has 0 saturated carbocycles. The zero-order valence-electron chi connectivity index (χ0n) is 13.7. The molecule has 2 aromatic carbocycles. The van der Waals surface area contributed by atoms with Gasteiger partial charge in [0.25, 0.3) is 5.91 Å². The van der Waals surface area contributed by atoms with Crippen LogP contribution in [0.5, 0.6) is 0 Å². The van der Waals surface area contributed by atoms with E-state index in [2.05, 4.69) is 32.1 Å². The molecule has 0 aliphatic rings. The lowest BCUT2D eigenvalue weighted by molar-refractivity contribution is 0.103. The number of nitrogens with one attached hydrogen (secondary N) is 2. The number of hydrogen-bond acceptors (Lipinski definition) is 6. The Morgan fingerprint density at radius 2 is 1.93 bits per heavy atom. The first kappa shape index (κ1) is 16.0. The molecular formula is C19H11N3O3S2. The third-order valence-corrected chi connectivity index (χ3v) is 6.52. The summed E-state index contributed by atoms with van der Waals surface area (Å²) in [5, 5.41) is 7.74. The molecule has 2 N–H and O–H groups in total. The van der Waals surface area contributed by atoms with E-state index in [0.29, 0.717) is 22.0 Å². The summed E-state index contributed by atoms with van der Waals surface area (Å²) in [5.74, 6) is -0.470. The second-order valence-corrected chi connectivity index (χ2v) is 8.02. The molecule has 0 spiro atoms. The van der Waals surface area contributed by atoms with Gasteiger partial charge in [0, 0.05) is 26.0 Å². The number of anilines is 1. The van der Waals surface area contributed by atoms with Crippen LogP contribution in [0.4, 0.5) is 5.69 Å². The average molecular weight is 393 g/mol. The normalized spacial score (nSPS) is 11.3. The second-order valence-electron chi connectivity index (χ2n) is 5.88. The summed E-state index contributed by atoms with van der Waals surface area (Å²) in [6.07, 6.45) is 0. The van der Waals surface area contributed by atoms with E-state index < -0.39 is 5.76 Å². The van der Waals surface area contributed by atoms with Crippen LogP contribution in [0.2, 0.25) is 0 Å². The zero-order chi connectivity index (χ0) is 18.4. The second kappa shape index (κ2) is 6.19. The van der Waals surface area contributed by atoms with E-state index in [1.54, 1.807) is 35.6 Å². The molecule has 27 heavy (non-hydrogen) atoms. The fraction of sp³-hybridized carbons (Fsp3) is 0. The fourth-order valence-electron chi connectivity index (χ4n) is 2.90. The predicted octanol–water partition coefficient (Wildman–Crippen LogP) is 4.71. The molecule has 0 bridgehead atoms. The molecule has 0 radical (unpaired) electrons. The summed E-state index contributed by atoms with van der Waals surface area (Å²) in [4.78, 5) is 26.9. The largest absolute Gasteiger partial charge is 0.439 e. The highest BCUT2D eigenvalue weighted by Crippen LogP contribution is 2.39. The fourth-order valence-corrected chi connectivity index (χ4v) is 5.32. The summed E-state index contributed by atoms with van der Waals surface area (Å²) in [6.45, 7) is 0. The molecule has 3 heterocycles. The van der Waals surface area contributed by atoms with Crippen LogP contribution in [0.25, 0.3) is 30.9 Å². The number of carbonyl (C=O) groups excluding carboxylic acids is 1. The Labute approximate surface area is 160 Å². The number of hydrogen-bond donors (Lipinski definition) is 2. The third-order valence-electron chi connectivity index (χ3n) is 4.11. The van der Waals surface area contributed by atoms with Crippen LogP contribution in [0.1, 0.15) is 9.67 Å². The smallest absolute Gasteiger partial charge is 0.321 e. The SMILES string of the molecule is O=C(Nc1cccc(-c2noc(=O)[nH]2)c1)c1cc2sc3ccccc3c2s1. The van der Waals surface area contributed by atoms with Crippen LogP contribution in [0.3, 0.4) is 0 Å². The lowest BCUT2D eigenvalue weighted by atomic mass is 10.2. The number of amides is 1. The molecule has 132 valence electrons. The van der Waals surface area contributed by atoms with Gasteiger partial charge in [-0.25, -0.2) is 4.79 Å². The molecule has 0 fully saturated rings. The minimum Gasteiger partial charge on any atom is -0.321 e. The summed E-state index contributed by atoms with van der Waals surface area (Å²) < 4.78 is 7.99. The van der Waals surface area contributed by atoms with Crippen molar-refractivity contribution in [1.82, 2.24) is 10.1 Å². The highest BCUT2D eigenvalue weighted by molar-refractivity contribution is 7.33. The Hall–Kier alpha value is -3.23. The topological polar surface area (TPSA) is 88.0 Å². The number of carbonyl (C=O) groups is 1. The van der Waals surface area contributed by atoms with Gasteiger partial charge in [-0.3, -0.25) is 14.3 Å². The Morgan fingerprint density at radius 1 is 1.04 bits per heavy atom. The zero-order valence-corrected chi connectivity index (χ0v) is 15.3. The molecule has 1 amide bonds. The number of benzene rings is 2. The van der Waals surface area contributed by atoms with Gasteiger partial charge in [0.15, 0.2) is 5.82 Å². The van der Waals surface area contributed by atoms with Crippen molar-refractivity contribution in [3.63, 3.8) is 0 Å². The van der Waals surface area contributed by atoms with Gasteiger partial charge in [0.1, 0.15) is 0 Å². The summed E-state index contributed by atoms with van der Waals surface area (Å²) >= 11 is 3.17. The van der Waals surface area contributed by atoms with Gasteiger partial charge in [-0.2, -0.15) is 0 Å². The molecule has 0 saturated heterocycles. The standard InChI is InChI=1S/C19H11N3O3S2/c23-18(15-9-14-16(27-15)12-6-1-2-7-13(12)26-14)20-11-5-3-4-10(8-11)17-21-19(24)25-22-17/h1-9H,(H,20,23)(H,21,22,24). The van der Waals surface area contributed by atoms with Gasteiger partial charge in [0.2, 0.25) is 0 Å². The van der Waals surface area contributed by atoms with Crippen LogP contribution in [-0.2, 0) is 0 Å². The monoisotopic (exact) mass is 393 g/mol. The minimum absolute atomic E-state index is 0.168. The van der Waals surface area contributed by atoms with E-state index in [0.717, 1.165) is 9.40 Å². The Morgan fingerprint density at radius 3 is 2.78 bits per heavy atom. The number of aromatic nitrogens is 2. The first-order valence-electron chi connectivity index (χ1n) is 8.06. The van der Waals surface area contributed by atoms with E-state index in [1.165, 1.54) is 21.4 Å². The van der Waals surface area contributed by atoms with E-state index in [4.69, 9.17) is 0 Å². The van der Waals surface area contributed by atoms with Crippen LogP contribution in [0, 0.1) is 0 Å². The van der Waals surface area contributed by atoms with Crippen molar-refractivity contribution in [3.8, 4) is 11.4 Å². The first-order chi connectivity index (χ1) is 13.2. The minimum atomic E-state index is -0.620. The van der Waals surface area contributed by atoms with Gasteiger partial charge in [-0.15, -0.1) is 22.7 Å². The third kappa shape index (κ3) is 2.84. The van der Waals surface area contributed by atoms with Crippen LogP contribution >= 0.6 is 22.7 Å². The lowest BCUT2D eigenvalue weighted by Gasteiger charge is -2.04. The van der Waals surface area contributed by atoms with Gasteiger partial charge in [-0.05, 0) is 24.3 Å². The van der Waals surface area contributed by atoms with E-state index in [-0.39, 0.29) is 5.91 Å². The quantitative estimate of drug-likeness (QED) is 0.465. The average Bonchev–Trinajstić information content (AvgIpc) is 3.36. The predicted molar refractivity (Wildman–Crippen MR) is 108 cm³/mol. The number of thiophene rings is 2. The van der Waals surface area contributed by atoms with Crippen LogP contribution in [-0.4, -0.2) is 16.0 Å². The Bertz CT molecular complexity index is 1360. The van der Waals surface area contributed by atoms with Crippen molar-refractivity contribution < 1.29 is 9.32 Å². The molecule has 0 aliphatic carbocycles. The summed E-state index contributed by atoms with van der Waals surface area (Å²) in [7, 11) is 0. The van der Waals surface area contributed by atoms with E-state index in [1.807, 2.05) is 18.2 Å². The van der Waals surface area contributed by atoms with Gasteiger partial charge >= 0.3 is 5.76 Å². The maximum atomic E-state index is 12.7. The molecule has 5 aromatic rings. The number of aromatic amines is 1. The molecule has 0 aliphatic heterocycles. The maximum Gasteiger partial charge on any atom is 0.439 e. The molecule has 3 aromatic heterocycles. The molecule has 5 rings (SSSR count). The Balaban J connectivity index is 1.45. The van der Waals surface area contributed by atoms with Crippen molar-refractivity contribution in [2.24, 2.45) is 0 Å². The molecular weight excluding hydrogens is 382 g/mol. The highest BCUT2D eigenvalue weighted by Gasteiger charge is 2.15. The van der Waals surface area contributed by atoms with Gasteiger partial charge in [-0.1, -0.05) is 35.5 Å². The van der Waals surface area contributed by atoms with Crippen LogP contribution < -0.4 is 11.1 Å². The number of rotatable bonds is 3. The maximum absolute atomic E-state index is 12.7. The molecule has 0 atom stereocenters. The highest BCUT2D eigenvalue weighted by atomic mass is 32.1. The molecule has 6 nitrogen and oxygen atoms in total. The summed E-state index contributed by atoms with van der Waals surface area (Å²) in [5.41, 5.74) is 1.26. The van der Waals surface area contributed by atoms with Crippen molar-refractivity contribution in [3.05, 3.63) is 70.0 Å². The van der Waals surface area contributed by atoms with Crippen molar-refractivity contribution in [1.29, 1.82) is 0 Å². The molecule has 8 heteroatoms. The van der Waals surface area contributed by atoms with Gasteiger partial charge < -0.3 is 5.32 Å². The first-order valence-corrected chi connectivity index (χ1v) is 9.69. The number of H-pyrrole nitrogens is 1.